The SMILES string of the molecule is CCOC(=O)C1(CCNCC(O)c2ccccc2)C=CC(C(O)c2ccccc2)=CC1. The largest absolute Gasteiger partial charge is 0.465 e. The van der Waals surface area contributed by atoms with Gasteiger partial charge in [0.15, 0.2) is 0 Å². The predicted octanol–water partition coefficient (Wildman–Crippen LogP) is 3.87. The topological polar surface area (TPSA) is 78.8 Å². The molecule has 164 valence electrons. The van der Waals surface area contributed by atoms with Crippen molar-refractivity contribution < 1.29 is 19.7 Å². The van der Waals surface area contributed by atoms with E-state index < -0.39 is 17.6 Å². The molecular formula is C26H31NO4. The second-order valence-electron chi connectivity index (χ2n) is 7.81. The Kier molecular flexibility index (Phi) is 8.18. The minimum atomic E-state index is -0.777. The highest BCUT2D eigenvalue weighted by Gasteiger charge is 2.38. The molecule has 1 aliphatic rings. The fourth-order valence-electron chi connectivity index (χ4n) is 3.78. The molecule has 3 atom stereocenters. The molecule has 0 amide bonds. The number of allylic oxidation sites excluding steroid dienone is 1. The molecule has 0 aliphatic heterocycles. The second-order valence-corrected chi connectivity index (χ2v) is 7.81. The number of ether oxygens (including phenoxy) is 1. The number of aliphatic hydroxyl groups excluding tert-OH is 2. The minimum Gasteiger partial charge on any atom is -0.465 e. The van der Waals surface area contributed by atoms with Crippen LogP contribution >= 0.6 is 0 Å². The highest BCUT2D eigenvalue weighted by atomic mass is 16.5. The van der Waals surface area contributed by atoms with Crippen molar-refractivity contribution in [3.63, 3.8) is 0 Å². The van der Waals surface area contributed by atoms with Crippen LogP contribution in [0.25, 0.3) is 0 Å². The van der Waals surface area contributed by atoms with E-state index in [2.05, 4.69) is 5.32 Å². The van der Waals surface area contributed by atoms with Crippen molar-refractivity contribution in [1.82, 2.24) is 5.32 Å². The molecular weight excluding hydrogens is 390 g/mol. The number of rotatable bonds is 10. The van der Waals surface area contributed by atoms with Crippen LogP contribution in [0, 0.1) is 5.41 Å². The molecule has 2 aromatic carbocycles. The standard InChI is InChI=1S/C26H31NO4/c1-2-31-25(30)26(17-18-27-19-23(28)20-9-5-3-6-10-20)15-13-22(14-16-26)24(29)21-11-7-4-8-12-21/h3-15,23-24,27-29H,2,16-19H2,1H3. The molecule has 2 aromatic rings. The third-order valence-electron chi connectivity index (χ3n) is 5.68. The van der Waals surface area contributed by atoms with E-state index in [9.17, 15) is 15.0 Å². The van der Waals surface area contributed by atoms with E-state index >= 15 is 0 Å². The molecule has 5 nitrogen and oxygen atoms in total. The van der Waals surface area contributed by atoms with E-state index in [1.165, 1.54) is 0 Å². The molecule has 0 fully saturated rings. The first-order valence-corrected chi connectivity index (χ1v) is 10.8. The van der Waals surface area contributed by atoms with Gasteiger partial charge >= 0.3 is 5.97 Å². The van der Waals surface area contributed by atoms with E-state index in [-0.39, 0.29) is 5.97 Å². The van der Waals surface area contributed by atoms with Gasteiger partial charge in [0.05, 0.1) is 18.1 Å². The van der Waals surface area contributed by atoms with Crippen LogP contribution in [-0.4, -0.2) is 35.9 Å². The molecule has 0 bridgehead atoms. The first-order valence-electron chi connectivity index (χ1n) is 10.8. The van der Waals surface area contributed by atoms with Crippen LogP contribution in [0.4, 0.5) is 0 Å². The lowest BCUT2D eigenvalue weighted by atomic mass is 9.76. The normalized spacial score (nSPS) is 20.0. The smallest absolute Gasteiger partial charge is 0.316 e. The zero-order valence-electron chi connectivity index (χ0n) is 17.9. The van der Waals surface area contributed by atoms with Gasteiger partial charge in [-0.25, -0.2) is 0 Å². The summed E-state index contributed by atoms with van der Waals surface area (Å²) < 4.78 is 5.35. The van der Waals surface area contributed by atoms with Crippen molar-refractivity contribution in [2.24, 2.45) is 5.41 Å². The molecule has 0 radical (unpaired) electrons. The summed E-state index contributed by atoms with van der Waals surface area (Å²) in [6.45, 7) is 3.07. The number of carbonyl (C=O) groups is 1. The monoisotopic (exact) mass is 421 g/mol. The van der Waals surface area contributed by atoms with Crippen molar-refractivity contribution in [1.29, 1.82) is 0 Å². The van der Waals surface area contributed by atoms with Gasteiger partial charge in [-0.1, -0.05) is 78.9 Å². The Labute approximate surface area is 184 Å². The Morgan fingerprint density at radius 2 is 1.71 bits per heavy atom. The number of aliphatic hydroxyl groups is 2. The van der Waals surface area contributed by atoms with Crippen molar-refractivity contribution in [2.45, 2.75) is 32.0 Å². The summed E-state index contributed by atoms with van der Waals surface area (Å²) in [6.07, 6.45) is 5.29. The van der Waals surface area contributed by atoms with Crippen molar-refractivity contribution in [2.75, 3.05) is 19.7 Å². The third-order valence-corrected chi connectivity index (χ3v) is 5.68. The Morgan fingerprint density at radius 3 is 2.29 bits per heavy atom. The lowest BCUT2D eigenvalue weighted by molar-refractivity contribution is -0.152. The molecule has 3 unspecified atom stereocenters. The van der Waals surface area contributed by atoms with Crippen LogP contribution in [-0.2, 0) is 9.53 Å². The number of hydrogen-bond acceptors (Lipinski definition) is 5. The first-order chi connectivity index (χ1) is 15.1. The maximum Gasteiger partial charge on any atom is 0.316 e. The van der Waals surface area contributed by atoms with Crippen molar-refractivity contribution in [3.8, 4) is 0 Å². The van der Waals surface area contributed by atoms with Crippen molar-refractivity contribution >= 4 is 5.97 Å². The van der Waals surface area contributed by atoms with Gasteiger partial charge in [-0.2, -0.15) is 0 Å². The summed E-state index contributed by atoms with van der Waals surface area (Å²) in [6, 6.07) is 19.0. The molecule has 5 heteroatoms. The first kappa shape index (κ1) is 22.9. The van der Waals surface area contributed by atoms with Gasteiger partial charge < -0.3 is 20.3 Å². The van der Waals surface area contributed by atoms with Gasteiger partial charge in [0.1, 0.15) is 6.10 Å². The van der Waals surface area contributed by atoms with Crippen LogP contribution in [0.2, 0.25) is 0 Å². The number of hydrogen-bond donors (Lipinski definition) is 3. The molecule has 0 aromatic heterocycles. The van der Waals surface area contributed by atoms with Crippen LogP contribution in [0.1, 0.15) is 43.1 Å². The van der Waals surface area contributed by atoms with Crippen LogP contribution in [0.5, 0.6) is 0 Å². The molecule has 3 rings (SSSR count). The lowest BCUT2D eigenvalue weighted by Crippen LogP contribution is -2.36. The third kappa shape index (κ3) is 5.91. The summed E-state index contributed by atoms with van der Waals surface area (Å²) in [4.78, 5) is 12.8. The summed E-state index contributed by atoms with van der Waals surface area (Å²) in [5.74, 6) is -0.263. The van der Waals surface area contributed by atoms with E-state index in [1.807, 2.05) is 78.9 Å². The highest BCUT2D eigenvalue weighted by Crippen LogP contribution is 2.37. The lowest BCUT2D eigenvalue weighted by Gasteiger charge is -2.31. The maximum atomic E-state index is 12.8. The summed E-state index contributed by atoms with van der Waals surface area (Å²) in [5, 5.41) is 24.2. The predicted molar refractivity (Wildman–Crippen MR) is 121 cm³/mol. The maximum absolute atomic E-state index is 12.8. The van der Waals surface area contributed by atoms with Gasteiger partial charge in [-0.3, -0.25) is 4.79 Å². The van der Waals surface area contributed by atoms with Gasteiger partial charge in [0.25, 0.3) is 0 Å². The fraction of sp³-hybridized carbons (Fsp3) is 0.346. The van der Waals surface area contributed by atoms with Gasteiger partial charge in [0.2, 0.25) is 0 Å². The fourth-order valence-corrected chi connectivity index (χ4v) is 3.78. The number of esters is 1. The van der Waals surface area contributed by atoms with Gasteiger partial charge in [-0.15, -0.1) is 0 Å². The summed E-state index contributed by atoms with van der Waals surface area (Å²) in [7, 11) is 0. The van der Waals surface area contributed by atoms with E-state index in [1.54, 1.807) is 6.92 Å². The van der Waals surface area contributed by atoms with Crippen LogP contribution in [0.15, 0.2) is 84.5 Å². The Hall–Kier alpha value is -2.73. The Balaban J connectivity index is 1.61. The van der Waals surface area contributed by atoms with Gasteiger partial charge in [-0.05, 0) is 43.0 Å². The average Bonchev–Trinajstić information content (AvgIpc) is 2.83. The molecule has 31 heavy (non-hydrogen) atoms. The number of benzene rings is 2. The summed E-state index contributed by atoms with van der Waals surface area (Å²) >= 11 is 0. The molecule has 0 saturated heterocycles. The Bertz CT molecular complexity index is 894. The minimum absolute atomic E-state index is 0.263. The quantitative estimate of drug-likeness (QED) is 0.401. The number of nitrogens with one attached hydrogen (secondary N) is 1. The highest BCUT2D eigenvalue weighted by molar-refractivity contribution is 5.80. The zero-order valence-corrected chi connectivity index (χ0v) is 17.9. The molecule has 0 spiro atoms. The van der Waals surface area contributed by atoms with E-state index in [0.717, 1.165) is 16.7 Å². The average molecular weight is 422 g/mol. The zero-order chi connectivity index (χ0) is 22.1. The molecule has 3 N–H and O–H groups in total. The second kappa shape index (κ2) is 11.0. The van der Waals surface area contributed by atoms with E-state index in [4.69, 9.17) is 4.74 Å². The van der Waals surface area contributed by atoms with E-state index in [0.29, 0.717) is 32.5 Å². The molecule has 1 aliphatic carbocycles. The van der Waals surface area contributed by atoms with Gasteiger partial charge in [0, 0.05) is 6.54 Å². The molecule has 0 saturated carbocycles. The van der Waals surface area contributed by atoms with Crippen LogP contribution in [0.3, 0.4) is 0 Å². The van der Waals surface area contributed by atoms with Crippen LogP contribution < -0.4 is 5.32 Å². The summed E-state index contributed by atoms with van der Waals surface area (Å²) in [5.41, 5.74) is 1.67. The number of carbonyl (C=O) groups excluding carboxylic acids is 1. The van der Waals surface area contributed by atoms with Crippen molar-refractivity contribution in [3.05, 3.63) is 95.6 Å². The Morgan fingerprint density at radius 1 is 1.06 bits per heavy atom. The molecule has 0 heterocycles.